The van der Waals surface area contributed by atoms with Crippen LogP contribution >= 0.6 is 11.6 Å². The predicted octanol–water partition coefficient (Wildman–Crippen LogP) is 3.82. The lowest BCUT2D eigenvalue weighted by atomic mass is 10.1. The Balaban J connectivity index is 1.74. The zero-order chi connectivity index (χ0) is 21.0. The van der Waals surface area contributed by atoms with E-state index in [1.54, 1.807) is 48.5 Å². The molecule has 3 rings (SSSR count). The van der Waals surface area contributed by atoms with E-state index in [0.717, 1.165) is 11.0 Å². The Morgan fingerprint density at radius 2 is 1.93 bits per heavy atom. The molecule has 1 aliphatic rings. The van der Waals surface area contributed by atoms with Crippen molar-refractivity contribution in [1.29, 1.82) is 0 Å². The van der Waals surface area contributed by atoms with E-state index >= 15 is 0 Å². The number of ether oxygens (including phenoxy) is 1. The number of rotatable bonds is 6. The van der Waals surface area contributed by atoms with Crippen molar-refractivity contribution in [2.24, 2.45) is 5.92 Å². The number of carbonyl (C=O) groups is 2. The molecule has 0 aliphatic carbocycles. The third-order valence-electron chi connectivity index (χ3n) is 4.46. The van der Waals surface area contributed by atoms with E-state index in [0.29, 0.717) is 16.3 Å². The topological polar surface area (TPSA) is 89.5 Å². The first kappa shape index (κ1) is 21.1. The van der Waals surface area contributed by atoms with Crippen LogP contribution in [0.5, 0.6) is 0 Å². The van der Waals surface area contributed by atoms with E-state index in [1.165, 1.54) is 6.08 Å². The maximum Gasteiger partial charge on any atom is 0.307 e. The summed E-state index contributed by atoms with van der Waals surface area (Å²) in [6.07, 6.45) is 0.177. The molecule has 2 unspecified atom stereocenters. The number of amides is 1. The first-order chi connectivity index (χ1) is 13.7. The highest BCUT2D eigenvalue weighted by molar-refractivity contribution is 7.94. The minimum absolute atomic E-state index is 0.122. The molecular formula is C21H20ClNO5S. The van der Waals surface area contributed by atoms with Gasteiger partial charge in [0.15, 0.2) is 9.84 Å². The largest absolute Gasteiger partial charge is 0.447 e. The van der Waals surface area contributed by atoms with E-state index < -0.39 is 33.7 Å². The monoisotopic (exact) mass is 433 g/mol. The molecular weight excluding hydrogens is 414 g/mol. The summed E-state index contributed by atoms with van der Waals surface area (Å²) in [5.74, 6) is -1.77. The van der Waals surface area contributed by atoms with Crippen LogP contribution in [-0.2, 0) is 24.2 Å². The molecule has 1 amide bonds. The molecule has 2 aromatic carbocycles. The smallest absolute Gasteiger partial charge is 0.307 e. The molecule has 0 saturated heterocycles. The van der Waals surface area contributed by atoms with Gasteiger partial charge in [-0.3, -0.25) is 9.59 Å². The number of aryl methyl sites for hydroxylation is 1. The van der Waals surface area contributed by atoms with Gasteiger partial charge in [0.1, 0.15) is 0 Å². The van der Waals surface area contributed by atoms with Crippen LogP contribution in [0.25, 0.3) is 0 Å². The molecule has 6 nitrogen and oxygen atoms in total. The summed E-state index contributed by atoms with van der Waals surface area (Å²) >= 11 is 6.10. The predicted molar refractivity (Wildman–Crippen MR) is 111 cm³/mol. The molecule has 2 atom stereocenters. The Kier molecular flexibility index (Phi) is 6.39. The second kappa shape index (κ2) is 8.80. The first-order valence-corrected chi connectivity index (χ1v) is 11.1. The zero-order valence-corrected chi connectivity index (χ0v) is 17.2. The number of nitrogens with one attached hydrogen (secondary N) is 1. The number of halogens is 1. The van der Waals surface area contributed by atoms with E-state index in [2.05, 4.69) is 5.32 Å². The number of hydrogen-bond donors (Lipinski definition) is 1. The van der Waals surface area contributed by atoms with Crippen LogP contribution in [0.2, 0.25) is 5.02 Å². The average molecular weight is 434 g/mol. The Hall–Kier alpha value is -2.64. The molecule has 0 spiro atoms. The fourth-order valence-corrected chi connectivity index (χ4v) is 4.52. The van der Waals surface area contributed by atoms with Crippen molar-refractivity contribution in [2.75, 3.05) is 11.1 Å². The van der Waals surface area contributed by atoms with Crippen LogP contribution in [0.3, 0.4) is 0 Å². The average Bonchev–Trinajstić information content (AvgIpc) is 3.01. The van der Waals surface area contributed by atoms with Gasteiger partial charge in [0.2, 0.25) is 6.10 Å². The molecule has 152 valence electrons. The Labute approximate surface area is 174 Å². The summed E-state index contributed by atoms with van der Waals surface area (Å²) in [6, 6.07) is 13.7. The standard InChI is InChI=1S/C21H20ClNO5S/c1-14-7-8-17(12-18(14)22)23-21(25)20(16-5-3-2-4-6-16)28-19(24)11-15-9-10-29(26,27)13-15/h2-10,12,15,20H,11,13H2,1H3,(H,23,25). The SMILES string of the molecule is Cc1ccc(NC(=O)C(OC(=O)CC2C=CS(=O)(=O)C2)c2ccccc2)cc1Cl. The number of hydrogen-bond acceptors (Lipinski definition) is 5. The Bertz CT molecular complexity index is 1050. The van der Waals surface area contributed by atoms with Gasteiger partial charge in [-0.1, -0.05) is 54.1 Å². The van der Waals surface area contributed by atoms with Gasteiger partial charge in [-0.05, 0) is 24.6 Å². The second-order valence-corrected chi connectivity index (χ2v) is 9.19. The van der Waals surface area contributed by atoms with Gasteiger partial charge in [0.25, 0.3) is 5.91 Å². The third kappa shape index (κ3) is 5.68. The van der Waals surface area contributed by atoms with Gasteiger partial charge in [-0.15, -0.1) is 0 Å². The maximum absolute atomic E-state index is 12.8. The van der Waals surface area contributed by atoms with Crippen LogP contribution in [0.4, 0.5) is 5.69 Å². The minimum Gasteiger partial charge on any atom is -0.447 e. The van der Waals surface area contributed by atoms with E-state index in [1.807, 2.05) is 6.92 Å². The molecule has 0 radical (unpaired) electrons. The van der Waals surface area contributed by atoms with Gasteiger partial charge in [-0.25, -0.2) is 8.42 Å². The lowest BCUT2D eigenvalue weighted by Gasteiger charge is -2.19. The molecule has 0 bridgehead atoms. The quantitative estimate of drug-likeness (QED) is 0.699. The minimum atomic E-state index is -3.27. The lowest BCUT2D eigenvalue weighted by Crippen LogP contribution is -2.26. The highest BCUT2D eigenvalue weighted by Gasteiger charge is 2.29. The van der Waals surface area contributed by atoms with E-state index in [4.69, 9.17) is 16.3 Å². The Morgan fingerprint density at radius 3 is 2.55 bits per heavy atom. The van der Waals surface area contributed by atoms with Crippen LogP contribution in [0.15, 0.2) is 60.0 Å². The summed E-state index contributed by atoms with van der Waals surface area (Å²) in [5, 5.41) is 4.32. The van der Waals surface area contributed by atoms with Gasteiger partial charge < -0.3 is 10.1 Å². The van der Waals surface area contributed by atoms with Gasteiger partial charge in [0, 0.05) is 27.6 Å². The highest BCUT2D eigenvalue weighted by atomic mass is 35.5. The van der Waals surface area contributed by atoms with Crippen molar-refractivity contribution in [1.82, 2.24) is 0 Å². The molecule has 0 saturated carbocycles. The molecule has 0 aromatic heterocycles. The summed E-state index contributed by atoms with van der Waals surface area (Å²) in [6.45, 7) is 1.85. The number of carbonyl (C=O) groups excluding carboxylic acids is 2. The number of anilines is 1. The normalized spacial score (nSPS) is 18.2. The van der Waals surface area contributed by atoms with Crippen LogP contribution in [0.1, 0.15) is 23.7 Å². The summed E-state index contributed by atoms with van der Waals surface area (Å²) in [7, 11) is -3.27. The van der Waals surface area contributed by atoms with Crippen molar-refractivity contribution in [3.8, 4) is 0 Å². The van der Waals surface area contributed by atoms with E-state index in [-0.39, 0.29) is 12.2 Å². The summed E-state index contributed by atoms with van der Waals surface area (Å²) in [5.41, 5.74) is 1.86. The van der Waals surface area contributed by atoms with Crippen LogP contribution < -0.4 is 5.32 Å². The number of sulfone groups is 1. The van der Waals surface area contributed by atoms with Crippen molar-refractivity contribution < 1.29 is 22.7 Å². The fourth-order valence-electron chi connectivity index (χ4n) is 2.94. The number of allylic oxidation sites excluding steroid dienone is 1. The molecule has 0 fully saturated rings. The third-order valence-corrected chi connectivity index (χ3v) is 6.33. The fraction of sp³-hybridized carbons (Fsp3) is 0.238. The molecule has 29 heavy (non-hydrogen) atoms. The Morgan fingerprint density at radius 1 is 1.21 bits per heavy atom. The van der Waals surface area contributed by atoms with Gasteiger partial charge >= 0.3 is 5.97 Å². The molecule has 1 N–H and O–H groups in total. The molecule has 8 heteroatoms. The van der Waals surface area contributed by atoms with Crippen molar-refractivity contribution in [3.05, 3.63) is 76.2 Å². The second-order valence-electron chi connectivity index (χ2n) is 6.86. The van der Waals surface area contributed by atoms with E-state index in [9.17, 15) is 18.0 Å². The van der Waals surface area contributed by atoms with Gasteiger partial charge in [-0.2, -0.15) is 0 Å². The van der Waals surface area contributed by atoms with Crippen LogP contribution in [0, 0.1) is 12.8 Å². The number of esters is 1. The van der Waals surface area contributed by atoms with Crippen molar-refractivity contribution >= 4 is 39.0 Å². The lowest BCUT2D eigenvalue weighted by molar-refractivity contribution is -0.155. The summed E-state index contributed by atoms with van der Waals surface area (Å²) < 4.78 is 28.5. The molecule has 1 heterocycles. The number of benzene rings is 2. The van der Waals surface area contributed by atoms with Crippen LogP contribution in [-0.4, -0.2) is 26.0 Å². The van der Waals surface area contributed by atoms with Crippen molar-refractivity contribution in [3.63, 3.8) is 0 Å². The first-order valence-electron chi connectivity index (χ1n) is 8.96. The highest BCUT2D eigenvalue weighted by Crippen LogP contribution is 2.25. The maximum atomic E-state index is 12.8. The summed E-state index contributed by atoms with van der Waals surface area (Å²) in [4.78, 5) is 25.2. The van der Waals surface area contributed by atoms with Gasteiger partial charge in [0.05, 0.1) is 12.2 Å². The van der Waals surface area contributed by atoms with Crippen molar-refractivity contribution in [2.45, 2.75) is 19.4 Å². The molecule has 2 aromatic rings. The molecule has 1 aliphatic heterocycles. The zero-order valence-electron chi connectivity index (χ0n) is 15.7.